The number of primary amides is 1. The quantitative estimate of drug-likeness (QED) is 0.595. The molecule has 4 N–H and O–H groups in total. The van der Waals surface area contributed by atoms with Crippen LogP contribution in [-0.2, 0) is 9.59 Å². The van der Waals surface area contributed by atoms with Crippen molar-refractivity contribution in [2.24, 2.45) is 11.7 Å². The summed E-state index contributed by atoms with van der Waals surface area (Å²) in [6.07, 6.45) is 6.40. The molecule has 102 valence electrons. The third-order valence-corrected chi connectivity index (χ3v) is 3.97. The summed E-state index contributed by atoms with van der Waals surface area (Å²) in [5, 5.41) is 6.44. The van der Waals surface area contributed by atoms with Crippen LogP contribution >= 0.6 is 0 Å². The van der Waals surface area contributed by atoms with Gasteiger partial charge in [-0.2, -0.15) is 0 Å². The third-order valence-electron chi connectivity index (χ3n) is 3.97. The number of nitrogens with one attached hydrogen (secondary N) is 2. The fourth-order valence-electron chi connectivity index (χ4n) is 3.17. The molecule has 5 heteroatoms. The van der Waals surface area contributed by atoms with E-state index in [4.69, 9.17) is 5.73 Å². The number of rotatable bonds is 6. The number of piperidine rings is 1. The van der Waals surface area contributed by atoms with Crippen molar-refractivity contribution in [2.45, 2.75) is 57.0 Å². The van der Waals surface area contributed by atoms with E-state index >= 15 is 0 Å². The van der Waals surface area contributed by atoms with Crippen LogP contribution in [-0.4, -0.2) is 30.4 Å². The summed E-state index contributed by atoms with van der Waals surface area (Å²) < 4.78 is 0. The Morgan fingerprint density at radius 2 is 1.89 bits per heavy atom. The van der Waals surface area contributed by atoms with E-state index in [-0.39, 0.29) is 11.8 Å². The second kappa shape index (κ2) is 6.18. The minimum Gasteiger partial charge on any atom is -0.370 e. The Bertz CT molecular complexity index is 307. The van der Waals surface area contributed by atoms with Gasteiger partial charge in [-0.05, 0) is 38.0 Å². The van der Waals surface area contributed by atoms with Gasteiger partial charge in [0.05, 0.1) is 0 Å². The van der Waals surface area contributed by atoms with E-state index in [0.717, 1.165) is 12.8 Å². The fraction of sp³-hybridized carbons (Fsp3) is 0.846. The summed E-state index contributed by atoms with van der Waals surface area (Å²) in [6.45, 7) is 0.555. The molecule has 0 aromatic carbocycles. The minimum absolute atomic E-state index is 0.116. The van der Waals surface area contributed by atoms with Crippen molar-refractivity contribution in [3.8, 4) is 0 Å². The lowest BCUT2D eigenvalue weighted by Gasteiger charge is -2.28. The lowest BCUT2D eigenvalue weighted by molar-refractivity contribution is -0.123. The number of amides is 2. The molecule has 2 amide bonds. The van der Waals surface area contributed by atoms with E-state index in [1.165, 1.54) is 12.8 Å². The molecular formula is C13H23N3O2. The van der Waals surface area contributed by atoms with Crippen LogP contribution in [0.2, 0.25) is 0 Å². The first kappa shape index (κ1) is 13.3. The Kier molecular flexibility index (Phi) is 4.58. The Balaban J connectivity index is 1.61. The molecule has 0 saturated carbocycles. The van der Waals surface area contributed by atoms with Gasteiger partial charge in [0.2, 0.25) is 11.8 Å². The number of carbonyl (C=O) groups is 2. The van der Waals surface area contributed by atoms with E-state index in [1.54, 1.807) is 0 Å². The van der Waals surface area contributed by atoms with Gasteiger partial charge >= 0.3 is 0 Å². The summed E-state index contributed by atoms with van der Waals surface area (Å²) in [6, 6.07) is 1.27. The molecule has 2 heterocycles. The third kappa shape index (κ3) is 3.98. The van der Waals surface area contributed by atoms with Crippen LogP contribution in [0.5, 0.6) is 0 Å². The molecule has 2 aliphatic rings. The Morgan fingerprint density at radius 3 is 2.50 bits per heavy atom. The molecule has 18 heavy (non-hydrogen) atoms. The van der Waals surface area contributed by atoms with Crippen molar-refractivity contribution in [1.29, 1.82) is 0 Å². The summed E-state index contributed by atoms with van der Waals surface area (Å²) in [5.74, 6) is 0.338. The van der Waals surface area contributed by atoms with Crippen LogP contribution in [0.3, 0.4) is 0 Å². The van der Waals surface area contributed by atoms with Crippen molar-refractivity contribution in [1.82, 2.24) is 10.6 Å². The Hall–Kier alpha value is -1.10. The van der Waals surface area contributed by atoms with Crippen LogP contribution in [0.4, 0.5) is 0 Å². The summed E-state index contributed by atoms with van der Waals surface area (Å²) in [7, 11) is 0. The first-order valence-electron chi connectivity index (χ1n) is 6.94. The van der Waals surface area contributed by atoms with E-state index in [1.807, 2.05) is 0 Å². The highest BCUT2D eigenvalue weighted by Gasteiger charge is 2.33. The molecule has 2 bridgehead atoms. The first-order valence-corrected chi connectivity index (χ1v) is 6.94. The van der Waals surface area contributed by atoms with Crippen molar-refractivity contribution in [2.75, 3.05) is 6.54 Å². The molecule has 2 saturated heterocycles. The largest absolute Gasteiger partial charge is 0.370 e. The maximum absolute atomic E-state index is 11.7. The molecule has 0 spiro atoms. The standard InChI is InChI=1S/C13H23N3O2/c14-12(17)2-1-5-15-13(18)8-9-6-10-3-4-11(7-9)16-10/h9-11,16H,1-8H2,(H2,14,17)(H,15,18). The van der Waals surface area contributed by atoms with Crippen molar-refractivity contribution in [3.05, 3.63) is 0 Å². The van der Waals surface area contributed by atoms with Gasteiger partial charge in [0, 0.05) is 31.5 Å². The summed E-state index contributed by atoms with van der Waals surface area (Å²) in [5.41, 5.74) is 5.04. The van der Waals surface area contributed by atoms with Gasteiger partial charge in [-0.25, -0.2) is 0 Å². The lowest BCUT2D eigenvalue weighted by atomic mass is 9.89. The number of fused-ring (bicyclic) bond motifs is 2. The van der Waals surface area contributed by atoms with Crippen LogP contribution in [0.25, 0.3) is 0 Å². The minimum atomic E-state index is -0.306. The lowest BCUT2D eigenvalue weighted by Crippen LogP contribution is -2.39. The second-order valence-electron chi connectivity index (χ2n) is 5.60. The molecule has 2 atom stereocenters. The fourth-order valence-corrected chi connectivity index (χ4v) is 3.17. The topological polar surface area (TPSA) is 84.2 Å². The Morgan fingerprint density at radius 1 is 1.22 bits per heavy atom. The normalized spacial score (nSPS) is 30.1. The predicted octanol–water partition coefficient (Wildman–Crippen LogP) is 0.289. The van der Waals surface area contributed by atoms with E-state index in [2.05, 4.69) is 10.6 Å². The maximum atomic E-state index is 11.7. The zero-order valence-electron chi connectivity index (χ0n) is 10.8. The maximum Gasteiger partial charge on any atom is 0.220 e. The molecule has 2 unspecified atom stereocenters. The van der Waals surface area contributed by atoms with E-state index in [9.17, 15) is 9.59 Å². The van der Waals surface area contributed by atoms with Gasteiger partial charge in [-0.1, -0.05) is 0 Å². The molecule has 0 aromatic rings. The average molecular weight is 253 g/mol. The highest BCUT2D eigenvalue weighted by molar-refractivity contribution is 5.76. The van der Waals surface area contributed by atoms with Crippen molar-refractivity contribution in [3.63, 3.8) is 0 Å². The molecule has 2 aliphatic heterocycles. The van der Waals surface area contributed by atoms with Gasteiger partial charge < -0.3 is 16.4 Å². The predicted molar refractivity (Wildman–Crippen MR) is 68.7 cm³/mol. The molecule has 0 aliphatic carbocycles. The number of hydrogen-bond donors (Lipinski definition) is 3. The molecule has 5 nitrogen and oxygen atoms in total. The van der Waals surface area contributed by atoms with Crippen LogP contribution in [0.1, 0.15) is 44.9 Å². The van der Waals surface area contributed by atoms with Gasteiger partial charge in [0.1, 0.15) is 0 Å². The van der Waals surface area contributed by atoms with Crippen molar-refractivity contribution < 1.29 is 9.59 Å². The van der Waals surface area contributed by atoms with Gasteiger partial charge in [0.15, 0.2) is 0 Å². The second-order valence-corrected chi connectivity index (χ2v) is 5.60. The Labute approximate surface area is 108 Å². The molecule has 2 rings (SSSR count). The van der Waals surface area contributed by atoms with E-state index in [0.29, 0.717) is 43.8 Å². The monoisotopic (exact) mass is 253 g/mol. The number of hydrogen-bond acceptors (Lipinski definition) is 3. The van der Waals surface area contributed by atoms with Crippen LogP contribution in [0.15, 0.2) is 0 Å². The molecular weight excluding hydrogens is 230 g/mol. The summed E-state index contributed by atoms with van der Waals surface area (Å²) >= 11 is 0. The van der Waals surface area contributed by atoms with Gasteiger partial charge in [-0.3, -0.25) is 9.59 Å². The van der Waals surface area contributed by atoms with Gasteiger partial charge in [0.25, 0.3) is 0 Å². The van der Waals surface area contributed by atoms with Gasteiger partial charge in [-0.15, -0.1) is 0 Å². The highest BCUT2D eigenvalue weighted by Crippen LogP contribution is 2.32. The molecule has 0 radical (unpaired) electrons. The smallest absolute Gasteiger partial charge is 0.220 e. The number of carbonyl (C=O) groups excluding carboxylic acids is 2. The molecule has 2 fully saturated rings. The van der Waals surface area contributed by atoms with Crippen LogP contribution in [0, 0.1) is 5.92 Å². The van der Waals surface area contributed by atoms with E-state index < -0.39 is 0 Å². The first-order chi connectivity index (χ1) is 8.63. The SMILES string of the molecule is NC(=O)CCCNC(=O)CC1CC2CCC(C1)N2. The zero-order chi connectivity index (χ0) is 13.0. The number of nitrogens with two attached hydrogens (primary N) is 1. The average Bonchev–Trinajstić information content (AvgIpc) is 2.64. The zero-order valence-corrected chi connectivity index (χ0v) is 10.8. The van der Waals surface area contributed by atoms with Crippen molar-refractivity contribution >= 4 is 11.8 Å². The van der Waals surface area contributed by atoms with Crippen LogP contribution < -0.4 is 16.4 Å². The molecule has 0 aromatic heterocycles. The summed E-state index contributed by atoms with van der Waals surface area (Å²) in [4.78, 5) is 22.3. The highest BCUT2D eigenvalue weighted by atomic mass is 16.2.